The van der Waals surface area contributed by atoms with Crippen LogP contribution in [-0.4, -0.2) is 34.0 Å². The molecular formula is C11H15NO5. The van der Waals surface area contributed by atoms with Crippen molar-refractivity contribution in [2.45, 2.75) is 0 Å². The number of nitrogens with one attached hydrogen (secondary N) is 1. The zero-order chi connectivity index (χ0) is 12.7. The van der Waals surface area contributed by atoms with Crippen molar-refractivity contribution in [3.63, 3.8) is 0 Å². The number of hydroxylamine groups is 1. The Bertz CT molecular complexity index is 358. The van der Waals surface area contributed by atoms with E-state index in [9.17, 15) is 4.79 Å². The SMILES string of the molecule is COCONC(=O)c1cc(OC)cc(OC)c1. The van der Waals surface area contributed by atoms with Crippen molar-refractivity contribution in [2.75, 3.05) is 28.1 Å². The van der Waals surface area contributed by atoms with E-state index in [1.807, 2.05) is 0 Å². The lowest BCUT2D eigenvalue weighted by Crippen LogP contribution is -2.24. The van der Waals surface area contributed by atoms with Crippen LogP contribution >= 0.6 is 0 Å². The maximum Gasteiger partial charge on any atom is 0.275 e. The van der Waals surface area contributed by atoms with Gasteiger partial charge in [0.15, 0.2) is 6.79 Å². The summed E-state index contributed by atoms with van der Waals surface area (Å²) in [6.07, 6.45) is 0. The van der Waals surface area contributed by atoms with Crippen LogP contribution in [0.2, 0.25) is 0 Å². The number of ether oxygens (including phenoxy) is 3. The molecule has 1 N–H and O–H groups in total. The van der Waals surface area contributed by atoms with Gasteiger partial charge in [-0.25, -0.2) is 10.3 Å². The lowest BCUT2D eigenvalue weighted by Gasteiger charge is -2.08. The molecule has 0 saturated heterocycles. The largest absolute Gasteiger partial charge is 0.497 e. The standard InChI is InChI=1S/C11H15NO5/c1-14-7-17-12-11(13)8-4-9(15-2)6-10(5-8)16-3/h4-6H,7H2,1-3H3,(H,12,13). The highest BCUT2D eigenvalue weighted by molar-refractivity contribution is 5.94. The number of amides is 1. The van der Waals surface area contributed by atoms with Crippen molar-refractivity contribution in [3.8, 4) is 11.5 Å². The molecule has 6 nitrogen and oxygen atoms in total. The number of benzene rings is 1. The third-order valence-corrected chi connectivity index (χ3v) is 1.96. The fourth-order valence-electron chi connectivity index (χ4n) is 1.15. The molecule has 0 aliphatic rings. The maximum atomic E-state index is 11.7. The molecule has 0 aromatic heterocycles. The van der Waals surface area contributed by atoms with Gasteiger partial charge in [-0.05, 0) is 12.1 Å². The Balaban J connectivity index is 2.77. The molecule has 0 atom stereocenters. The second-order valence-corrected chi connectivity index (χ2v) is 3.08. The van der Waals surface area contributed by atoms with Gasteiger partial charge in [0, 0.05) is 18.7 Å². The lowest BCUT2D eigenvalue weighted by atomic mass is 10.2. The highest BCUT2D eigenvalue weighted by Crippen LogP contribution is 2.22. The molecule has 1 aromatic rings. The predicted molar refractivity (Wildman–Crippen MR) is 60.0 cm³/mol. The van der Waals surface area contributed by atoms with E-state index in [4.69, 9.17) is 14.3 Å². The Labute approximate surface area is 99.4 Å². The molecule has 0 unspecified atom stereocenters. The Morgan fingerprint density at radius 1 is 1.12 bits per heavy atom. The van der Waals surface area contributed by atoms with Crippen LogP contribution in [0.3, 0.4) is 0 Å². The minimum Gasteiger partial charge on any atom is -0.497 e. The molecule has 0 radical (unpaired) electrons. The monoisotopic (exact) mass is 241 g/mol. The normalized spacial score (nSPS) is 9.82. The van der Waals surface area contributed by atoms with Crippen molar-refractivity contribution in [1.82, 2.24) is 5.48 Å². The quantitative estimate of drug-likeness (QED) is 0.456. The molecule has 0 aliphatic carbocycles. The Morgan fingerprint density at radius 3 is 2.18 bits per heavy atom. The zero-order valence-corrected chi connectivity index (χ0v) is 9.98. The molecule has 6 heteroatoms. The molecule has 0 spiro atoms. The van der Waals surface area contributed by atoms with Crippen LogP contribution in [0.25, 0.3) is 0 Å². The number of hydrogen-bond acceptors (Lipinski definition) is 5. The number of methoxy groups -OCH3 is 3. The van der Waals surface area contributed by atoms with Crippen molar-refractivity contribution in [3.05, 3.63) is 23.8 Å². The van der Waals surface area contributed by atoms with Gasteiger partial charge in [0.1, 0.15) is 11.5 Å². The summed E-state index contributed by atoms with van der Waals surface area (Å²) in [7, 11) is 4.48. The fourth-order valence-corrected chi connectivity index (χ4v) is 1.15. The van der Waals surface area contributed by atoms with E-state index < -0.39 is 5.91 Å². The van der Waals surface area contributed by atoms with Crippen LogP contribution in [0, 0.1) is 0 Å². The minimum atomic E-state index is -0.403. The van der Waals surface area contributed by atoms with Gasteiger partial charge in [-0.15, -0.1) is 0 Å². The molecule has 1 rings (SSSR count). The number of carbonyl (C=O) groups is 1. The van der Waals surface area contributed by atoms with Gasteiger partial charge in [-0.2, -0.15) is 0 Å². The summed E-state index contributed by atoms with van der Waals surface area (Å²) >= 11 is 0. The van der Waals surface area contributed by atoms with E-state index in [1.165, 1.54) is 21.3 Å². The molecule has 0 aliphatic heterocycles. The van der Waals surface area contributed by atoms with Crippen molar-refractivity contribution in [2.24, 2.45) is 0 Å². The third kappa shape index (κ3) is 3.93. The van der Waals surface area contributed by atoms with Gasteiger partial charge in [-0.3, -0.25) is 4.79 Å². The summed E-state index contributed by atoms with van der Waals surface area (Å²) in [6.45, 7) is -0.0210. The van der Waals surface area contributed by atoms with Gasteiger partial charge in [-0.1, -0.05) is 0 Å². The second kappa shape index (κ2) is 6.72. The van der Waals surface area contributed by atoms with Crippen LogP contribution in [-0.2, 0) is 9.57 Å². The van der Waals surface area contributed by atoms with Crippen LogP contribution in [0.15, 0.2) is 18.2 Å². The first-order valence-electron chi connectivity index (χ1n) is 4.85. The average molecular weight is 241 g/mol. The van der Waals surface area contributed by atoms with Crippen LogP contribution in [0.5, 0.6) is 11.5 Å². The fraction of sp³-hybridized carbons (Fsp3) is 0.364. The molecule has 0 saturated carbocycles. The summed E-state index contributed by atoms with van der Waals surface area (Å²) in [5.41, 5.74) is 2.60. The molecule has 1 aromatic carbocycles. The smallest absolute Gasteiger partial charge is 0.275 e. The number of carbonyl (C=O) groups excluding carboxylic acids is 1. The summed E-state index contributed by atoms with van der Waals surface area (Å²) in [4.78, 5) is 16.4. The Morgan fingerprint density at radius 2 is 1.71 bits per heavy atom. The van der Waals surface area contributed by atoms with Crippen LogP contribution in [0.4, 0.5) is 0 Å². The first-order valence-corrected chi connectivity index (χ1v) is 4.85. The van der Waals surface area contributed by atoms with E-state index in [-0.39, 0.29) is 6.79 Å². The molecule has 1 amide bonds. The van der Waals surface area contributed by atoms with Crippen molar-refractivity contribution >= 4 is 5.91 Å². The molecule has 0 fully saturated rings. The predicted octanol–water partition coefficient (Wildman–Crippen LogP) is 0.969. The van der Waals surface area contributed by atoms with Crippen molar-refractivity contribution in [1.29, 1.82) is 0 Å². The summed E-state index contributed by atoms with van der Waals surface area (Å²) in [6, 6.07) is 4.83. The Hall–Kier alpha value is -1.79. The highest BCUT2D eigenvalue weighted by Gasteiger charge is 2.09. The van der Waals surface area contributed by atoms with Crippen LogP contribution < -0.4 is 15.0 Å². The Kier molecular flexibility index (Phi) is 5.25. The van der Waals surface area contributed by atoms with Crippen molar-refractivity contribution < 1.29 is 23.8 Å². The van der Waals surface area contributed by atoms with E-state index in [0.29, 0.717) is 17.1 Å². The summed E-state index contributed by atoms with van der Waals surface area (Å²) in [5, 5.41) is 0. The van der Waals surface area contributed by atoms with E-state index in [1.54, 1.807) is 18.2 Å². The lowest BCUT2D eigenvalue weighted by molar-refractivity contribution is -0.0704. The van der Waals surface area contributed by atoms with E-state index in [0.717, 1.165) is 0 Å². The second-order valence-electron chi connectivity index (χ2n) is 3.08. The highest BCUT2D eigenvalue weighted by atomic mass is 16.8. The van der Waals surface area contributed by atoms with E-state index >= 15 is 0 Å². The maximum absolute atomic E-state index is 11.7. The van der Waals surface area contributed by atoms with Gasteiger partial charge in [0.25, 0.3) is 5.91 Å². The zero-order valence-electron chi connectivity index (χ0n) is 9.98. The average Bonchev–Trinajstić information content (AvgIpc) is 2.38. The van der Waals surface area contributed by atoms with Gasteiger partial charge < -0.3 is 14.2 Å². The molecule has 0 bridgehead atoms. The van der Waals surface area contributed by atoms with Gasteiger partial charge in [0.05, 0.1) is 14.2 Å². The molecule has 17 heavy (non-hydrogen) atoms. The summed E-state index contributed by atoms with van der Waals surface area (Å²) < 4.78 is 14.7. The summed E-state index contributed by atoms with van der Waals surface area (Å²) in [5.74, 6) is 0.654. The molecular weight excluding hydrogens is 226 g/mol. The van der Waals surface area contributed by atoms with Gasteiger partial charge >= 0.3 is 0 Å². The molecule has 0 heterocycles. The topological polar surface area (TPSA) is 66.0 Å². The third-order valence-electron chi connectivity index (χ3n) is 1.96. The van der Waals surface area contributed by atoms with Crippen LogP contribution in [0.1, 0.15) is 10.4 Å². The van der Waals surface area contributed by atoms with E-state index in [2.05, 4.69) is 10.2 Å². The first-order chi connectivity index (χ1) is 8.21. The van der Waals surface area contributed by atoms with Gasteiger partial charge in [0.2, 0.25) is 0 Å². The number of hydrogen-bond donors (Lipinski definition) is 1. The number of rotatable bonds is 6. The molecule has 94 valence electrons. The first kappa shape index (κ1) is 13.3. The minimum absolute atomic E-state index is 0.0210.